The molecule has 1 unspecified atom stereocenters. The Bertz CT molecular complexity index is 123. The smallest absolute Gasteiger partial charge is 0.232 e. The molecule has 1 saturated heterocycles. The third-order valence-electron chi connectivity index (χ3n) is 1.76. The number of carbonyl (C=O) groups excluding carboxylic acids is 1. The van der Waals surface area contributed by atoms with Crippen molar-refractivity contribution in [3.8, 4) is 0 Å². The fraction of sp³-hybridized carbons (Fsp3) is 0.833. The third-order valence-corrected chi connectivity index (χ3v) is 2.29. The van der Waals surface area contributed by atoms with Gasteiger partial charge in [0.25, 0.3) is 0 Å². The number of halogens is 1. The van der Waals surface area contributed by atoms with E-state index in [0.29, 0.717) is 0 Å². The average molecular weight is 254 g/mol. The van der Waals surface area contributed by atoms with Crippen molar-refractivity contribution < 1.29 is 4.79 Å². The summed E-state index contributed by atoms with van der Waals surface area (Å²) in [4.78, 5) is 11.0. The van der Waals surface area contributed by atoms with E-state index in [9.17, 15) is 4.79 Å². The first kappa shape index (κ1) is 8.26. The summed E-state index contributed by atoms with van der Waals surface area (Å²) in [5.74, 6) is 0.360. The Kier molecular flexibility index (Phi) is 3.41. The van der Waals surface area contributed by atoms with Crippen molar-refractivity contribution in [2.75, 3.05) is 13.1 Å². The molecule has 58 valence electrons. The topological polar surface area (TPSA) is 41.1 Å². The number of nitrogens with one attached hydrogen (secondary N) is 2. The summed E-state index contributed by atoms with van der Waals surface area (Å²) in [5, 5.41) is 3.19. The van der Waals surface area contributed by atoms with E-state index in [-0.39, 0.29) is 11.8 Å². The van der Waals surface area contributed by atoms with Crippen LogP contribution in [0.4, 0.5) is 0 Å². The fourth-order valence-electron chi connectivity index (χ4n) is 1.15. The van der Waals surface area contributed by atoms with E-state index >= 15 is 0 Å². The summed E-state index contributed by atoms with van der Waals surface area (Å²) in [5.41, 5.74) is 0. The molecule has 0 spiro atoms. The molecule has 1 atom stereocenters. The van der Waals surface area contributed by atoms with Gasteiger partial charge < -0.3 is 5.32 Å². The van der Waals surface area contributed by atoms with Gasteiger partial charge in [0.2, 0.25) is 5.91 Å². The van der Waals surface area contributed by atoms with Crippen molar-refractivity contribution in [1.29, 1.82) is 0 Å². The zero-order valence-corrected chi connectivity index (χ0v) is 7.85. The minimum atomic E-state index is 0.160. The lowest BCUT2D eigenvalue weighted by Crippen LogP contribution is -2.37. The van der Waals surface area contributed by atoms with Crippen LogP contribution in [0.25, 0.3) is 0 Å². The Hall–Kier alpha value is 0.160. The maximum absolute atomic E-state index is 11.0. The lowest BCUT2D eigenvalue weighted by atomic mass is 9.99. The first-order valence-electron chi connectivity index (χ1n) is 3.46. The first-order valence-corrected chi connectivity index (χ1v) is 4.53. The van der Waals surface area contributed by atoms with Crippen LogP contribution in [0.3, 0.4) is 0 Å². The molecular formula is C6H11IN2O. The van der Waals surface area contributed by atoms with Gasteiger partial charge in [-0.05, 0) is 19.4 Å². The minimum Gasteiger partial charge on any atom is -0.316 e. The van der Waals surface area contributed by atoms with Crippen molar-refractivity contribution in [3.05, 3.63) is 0 Å². The number of carbonyl (C=O) groups is 1. The van der Waals surface area contributed by atoms with Crippen LogP contribution in [0, 0.1) is 5.92 Å². The van der Waals surface area contributed by atoms with Gasteiger partial charge in [-0.2, -0.15) is 0 Å². The fourth-order valence-corrected chi connectivity index (χ4v) is 1.59. The molecule has 0 aromatic carbocycles. The summed E-state index contributed by atoms with van der Waals surface area (Å²) in [6.07, 6.45) is 2.15. The monoisotopic (exact) mass is 254 g/mol. The zero-order chi connectivity index (χ0) is 7.40. The Morgan fingerprint density at radius 2 is 2.50 bits per heavy atom. The van der Waals surface area contributed by atoms with Gasteiger partial charge in [-0.1, -0.05) is 0 Å². The van der Waals surface area contributed by atoms with E-state index in [1.54, 1.807) is 0 Å². The molecule has 0 saturated carbocycles. The van der Waals surface area contributed by atoms with E-state index in [0.717, 1.165) is 25.9 Å². The molecule has 10 heavy (non-hydrogen) atoms. The lowest BCUT2D eigenvalue weighted by molar-refractivity contribution is -0.123. The van der Waals surface area contributed by atoms with Crippen LogP contribution in [0.1, 0.15) is 12.8 Å². The van der Waals surface area contributed by atoms with Gasteiger partial charge in [-0.3, -0.25) is 8.32 Å². The predicted molar refractivity (Wildman–Crippen MR) is 47.8 cm³/mol. The molecule has 1 heterocycles. The van der Waals surface area contributed by atoms with Crippen molar-refractivity contribution in [1.82, 2.24) is 8.85 Å². The van der Waals surface area contributed by atoms with Gasteiger partial charge in [0.05, 0.1) is 28.8 Å². The van der Waals surface area contributed by atoms with Crippen molar-refractivity contribution in [3.63, 3.8) is 0 Å². The minimum absolute atomic E-state index is 0.160. The van der Waals surface area contributed by atoms with Gasteiger partial charge in [-0.25, -0.2) is 0 Å². The summed E-state index contributed by atoms with van der Waals surface area (Å²) in [6.45, 7) is 1.90. The average Bonchev–Trinajstić information content (AvgIpc) is 2.05. The standard InChI is InChI=1S/C6H11IN2O/c7-9-6(10)5-2-1-3-8-4-5/h5,8H,1-4H2,(H,9,10). The molecule has 2 N–H and O–H groups in total. The molecule has 3 nitrogen and oxygen atoms in total. The van der Waals surface area contributed by atoms with Crippen LogP contribution in [0.5, 0.6) is 0 Å². The Balaban J connectivity index is 2.31. The lowest BCUT2D eigenvalue weighted by Gasteiger charge is -2.20. The number of piperidine rings is 1. The van der Waals surface area contributed by atoms with Gasteiger partial charge in [0, 0.05) is 6.54 Å². The molecule has 4 heteroatoms. The van der Waals surface area contributed by atoms with Crippen molar-refractivity contribution in [2.24, 2.45) is 5.92 Å². The highest BCUT2D eigenvalue weighted by Crippen LogP contribution is 2.09. The summed E-state index contributed by atoms with van der Waals surface area (Å²) >= 11 is 1.89. The van der Waals surface area contributed by atoms with Crippen LogP contribution < -0.4 is 8.85 Å². The molecular weight excluding hydrogens is 243 g/mol. The van der Waals surface area contributed by atoms with Crippen LogP contribution in [-0.2, 0) is 4.79 Å². The number of hydrogen-bond acceptors (Lipinski definition) is 2. The second-order valence-electron chi connectivity index (χ2n) is 2.50. The molecule has 1 rings (SSSR count). The molecule has 0 aliphatic carbocycles. The van der Waals surface area contributed by atoms with E-state index < -0.39 is 0 Å². The highest BCUT2D eigenvalue weighted by Gasteiger charge is 2.19. The first-order chi connectivity index (χ1) is 4.84. The third kappa shape index (κ3) is 2.09. The van der Waals surface area contributed by atoms with Crippen LogP contribution in [0.15, 0.2) is 0 Å². The molecule has 1 fully saturated rings. The Morgan fingerprint density at radius 1 is 1.70 bits per heavy atom. The van der Waals surface area contributed by atoms with Crippen molar-refractivity contribution in [2.45, 2.75) is 12.8 Å². The Labute approximate surface area is 74.4 Å². The van der Waals surface area contributed by atoms with E-state index in [1.165, 1.54) is 0 Å². The van der Waals surface area contributed by atoms with Crippen LogP contribution in [0.2, 0.25) is 0 Å². The second kappa shape index (κ2) is 4.12. The maximum atomic E-state index is 11.0. The maximum Gasteiger partial charge on any atom is 0.232 e. The number of amides is 1. The predicted octanol–water partition coefficient (Wildman–Crippen LogP) is 0.452. The molecule has 0 bridgehead atoms. The van der Waals surface area contributed by atoms with Crippen LogP contribution in [-0.4, -0.2) is 19.0 Å². The largest absolute Gasteiger partial charge is 0.316 e. The van der Waals surface area contributed by atoms with Crippen molar-refractivity contribution >= 4 is 28.8 Å². The molecule has 0 aromatic rings. The molecule has 1 aliphatic heterocycles. The zero-order valence-electron chi connectivity index (χ0n) is 5.69. The normalized spacial score (nSPS) is 25.9. The van der Waals surface area contributed by atoms with E-state index in [4.69, 9.17) is 0 Å². The SMILES string of the molecule is O=C(NI)C1CCCNC1. The highest BCUT2D eigenvalue weighted by atomic mass is 127. The molecule has 0 radical (unpaired) electrons. The Morgan fingerprint density at radius 3 is 3.00 bits per heavy atom. The summed E-state index contributed by atoms with van der Waals surface area (Å²) < 4.78 is 2.63. The van der Waals surface area contributed by atoms with E-state index in [2.05, 4.69) is 8.85 Å². The summed E-state index contributed by atoms with van der Waals surface area (Å²) in [6, 6.07) is 0. The molecule has 1 amide bonds. The second-order valence-corrected chi connectivity index (χ2v) is 3.04. The molecule has 1 aliphatic rings. The van der Waals surface area contributed by atoms with Gasteiger partial charge >= 0.3 is 0 Å². The highest BCUT2D eigenvalue weighted by molar-refractivity contribution is 14.1. The number of hydrogen-bond donors (Lipinski definition) is 2. The van der Waals surface area contributed by atoms with Gasteiger partial charge in [-0.15, -0.1) is 0 Å². The van der Waals surface area contributed by atoms with Gasteiger partial charge in [0.15, 0.2) is 0 Å². The van der Waals surface area contributed by atoms with Gasteiger partial charge in [0.1, 0.15) is 0 Å². The molecule has 0 aromatic heterocycles. The number of rotatable bonds is 1. The van der Waals surface area contributed by atoms with E-state index in [1.807, 2.05) is 22.9 Å². The quantitative estimate of drug-likeness (QED) is 0.527. The van der Waals surface area contributed by atoms with Crippen LogP contribution >= 0.6 is 22.9 Å². The summed E-state index contributed by atoms with van der Waals surface area (Å²) in [7, 11) is 0.